The van der Waals surface area contributed by atoms with Gasteiger partial charge in [0.2, 0.25) is 0 Å². The van der Waals surface area contributed by atoms with Crippen LogP contribution in [0.1, 0.15) is 35.1 Å². The number of alkyl halides is 2. The third-order valence-corrected chi connectivity index (χ3v) is 19.6. The van der Waals surface area contributed by atoms with Crippen LogP contribution in [-0.4, -0.2) is 138 Å². The summed E-state index contributed by atoms with van der Waals surface area (Å²) < 4.78 is 151. The van der Waals surface area contributed by atoms with Crippen molar-refractivity contribution in [2.45, 2.75) is 119 Å². The second-order valence-electron chi connectivity index (χ2n) is 21.1. The van der Waals surface area contributed by atoms with Crippen molar-refractivity contribution < 1.29 is 140 Å². The summed E-state index contributed by atoms with van der Waals surface area (Å²) in [7, 11) is -9.45. The molecule has 10 unspecified atom stereocenters. The first-order valence-corrected chi connectivity index (χ1v) is 34.5. The Balaban J connectivity index is 0.000000194. The maximum absolute atomic E-state index is 12.0. The van der Waals surface area contributed by atoms with E-state index in [1.165, 1.54) is 41.9 Å². The van der Waals surface area contributed by atoms with Crippen LogP contribution < -0.4 is 39.0 Å². The fourth-order valence-corrected chi connectivity index (χ4v) is 15.6. The number of hydrogen-bond donors (Lipinski definition) is 0. The molecule has 6 heterocycles. The molecule has 4 bridgehead atoms. The molecular formula is C66H68F4NaO20S4+. The van der Waals surface area contributed by atoms with Gasteiger partial charge in [0.25, 0.3) is 0 Å². The van der Waals surface area contributed by atoms with Gasteiger partial charge in [0.05, 0.1) is 58.4 Å². The molecule has 0 saturated carbocycles. The van der Waals surface area contributed by atoms with Gasteiger partial charge in [-0.15, -0.1) is 8.78 Å². The summed E-state index contributed by atoms with van der Waals surface area (Å²) in [5.74, 6) is 0.714. The van der Waals surface area contributed by atoms with Crippen molar-refractivity contribution in [1.29, 1.82) is 0 Å². The fourth-order valence-electron chi connectivity index (χ4n) is 11.1. The Labute approximate surface area is 576 Å². The van der Waals surface area contributed by atoms with Gasteiger partial charge in [-0.05, 0) is 111 Å². The molecule has 6 aliphatic rings. The summed E-state index contributed by atoms with van der Waals surface area (Å²) in [5.41, 5.74) is 4.59. The van der Waals surface area contributed by atoms with Crippen LogP contribution in [-0.2, 0) is 89.5 Å². The van der Waals surface area contributed by atoms with E-state index in [1.807, 2.05) is 0 Å². The normalized spacial score (nSPS) is 21.7. The quantitative estimate of drug-likeness (QED) is 0.00802. The molecule has 6 aliphatic heterocycles. The summed E-state index contributed by atoms with van der Waals surface area (Å²) >= 11 is 0. The SMILES string of the molecule is C=COCCOc1c(C)cc([S+](c2ccccc2)c2ccccc2)cc1C.C=COCCOc1c(C)cc([S+](c2ccccc2)c2ccccc2)cc1C.O=C(F)OC1C2CC3C(=O)OC1C3O2.O=C(F)OC1C2CC3C(=O)OC1C3O2.O=S(=O)([O-])CF.O=S(=O)([O-])CF.[Na+]. The zero-order valence-electron chi connectivity index (χ0n) is 52.2. The predicted molar refractivity (Wildman–Crippen MR) is 333 cm³/mol. The maximum atomic E-state index is 12.0. The molecule has 12 rings (SSSR count). The molecule has 10 atom stereocenters. The van der Waals surface area contributed by atoms with Crippen LogP contribution in [0.25, 0.3) is 0 Å². The summed E-state index contributed by atoms with van der Waals surface area (Å²) in [6.45, 7) is 17.6. The Morgan fingerprint density at radius 1 is 0.505 bits per heavy atom. The maximum Gasteiger partial charge on any atom is 1.00 e. The number of carbonyl (C=O) groups is 4. The summed E-state index contributed by atoms with van der Waals surface area (Å²) in [5, 5.41) is 0. The van der Waals surface area contributed by atoms with Gasteiger partial charge in [0.1, 0.15) is 70.4 Å². The number of carbonyl (C=O) groups excluding carboxylic acids is 4. The van der Waals surface area contributed by atoms with Crippen LogP contribution in [0.5, 0.6) is 11.5 Å². The van der Waals surface area contributed by atoms with Crippen LogP contribution in [0.15, 0.2) is 201 Å². The first-order valence-electron chi connectivity index (χ1n) is 28.9. The van der Waals surface area contributed by atoms with Crippen molar-refractivity contribution in [3.05, 3.63) is 194 Å². The third kappa shape index (κ3) is 21.5. The predicted octanol–water partition coefficient (Wildman–Crippen LogP) is 8.14. The van der Waals surface area contributed by atoms with Crippen LogP contribution in [0, 0.1) is 39.5 Å². The van der Waals surface area contributed by atoms with E-state index in [9.17, 15) is 36.7 Å². The number of fused-ring (bicyclic) bond motifs is 2. The molecule has 0 radical (unpaired) electrons. The van der Waals surface area contributed by atoms with Crippen LogP contribution in [0.4, 0.5) is 27.2 Å². The molecule has 6 saturated heterocycles. The molecule has 0 aromatic heterocycles. The second kappa shape index (κ2) is 36.4. The third-order valence-electron chi connectivity index (χ3n) is 14.7. The standard InChI is InChI=1S/2C24H25O2S.2C8H7FO5.2CH3FO3S.Na/c2*1-4-25-15-16-26-24-19(2)17-23(18-20(24)3)27(21-11-7-5-8-12-21)22-13-9-6-10-14-22;2*9-8(11)14-5-3-1-2-4(12-3)6(5)13-7(2)10;2*2-1-6(3,4)5;/h2*4-14,17-18H,1,15-16H2,2-3H3;2*2-6H,1H2;2*1H2,(H,3,4,5);/q2*+1;;;;;+1/p-2. The first kappa shape index (κ1) is 77.1. The largest absolute Gasteiger partial charge is 1.00 e. The molecule has 6 fully saturated rings. The van der Waals surface area contributed by atoms with E-state index in [-0.39, 0.29) is 99.5 Å². The molecule has 0 N–H and O–H groups in total. The van der Waals surface area contributed by atoms with Crippen LogP contribution >= 0.6 is 0 Å². The van der Waals surface area contributed by atoms with Crippen molar-refractivity contribution in [2.24, 2.45) is 11.8 Å². The van der Waals surface area contributed by atoms with Gasteiger partial charge in [0.15, 0.2) is 65.8 Å². The zero-order valence-corrected chi connectivity index (χ0v) is 57.4. The van der Waals surface area contributed by atoms with E-state index in [1.54, 1.807) is 0 Å². The van der Waals surface area contributed by atoms with Crippen molar-refractivity contribution in [2.75, 3.05) is 38.4 Å². The van der Waals surface area contributed by atoms with Crippen LogP contribution in [0.3, 0.4) is 0 Å². The minimum Gasteiger partial charge on any atom is -0.746 e. The Kier molecular flexibility index (Phi) is 29.5. The van der Waals surface area contributed by atoms with Crippen molar-refractivity contribution in [3.63, 3.8) is 0 Å². The minimum atomic E-state index is -4.58. The Hall–Kier alpha value is -6.96. The summed E-state index contributed by atoms with van der Waals surface area (Å²) in [4.78, 5) is 50.5. The van der Waals surface area contributed by atoms with Gasteiger partial charge >= 0.3 is 53.9 Å². The van der Waals surface area contributed by atoms with E-state index in [4.69, 9.17) is 63.8 Å². The van der Waals surface area contributed by atoms with Gasteiger partial charge < -0.3 is 56.5 Å². The van der Waals surface area contributed by atoms with Gasteiger partial charge in [0, 0.05) is 24.3 Å². The average molecular weight is 1410 g/mol. The number of halogens is 4. The molecule has 20 nitrogen and oxygen atoms in total. The van der Waals surface area contributed by atoms with Gasteiger partial charge in [-0.2, -0.15) is 0 Å². The molecule has 29 heteroatoms. The smallest absolute Gasteiger partial charge is 0.746 e. The topological polar surface area (TPSA) is 275 Å². The number of aryl methyl sites for hydroxylation is 4. The molecule has 504 valence electrons. The number of benzene rings is 6. The number of ether oxygens (including phenoxy) is 10. The monoisotopic (exact) mass is 1410 g/mol. The van der Waals surface area contributed by atoms with E-state index in [0.29, 0.717) is 39.3 Å². The van der Waals surface area contributed by atoms with Gasteiger partial charge in [-0.1, -0.05) is 86.0 Å². The van der Waals surface area contributed by atoms with E-state index in [0.717, 1.165) is 33.8 Å². The number of esters is 2. The molecular weight excluding hydrogens is 1340 g/mol. The Morgan fingerprint density at radius 2 is 0.779 bits per heavy atom. The van der Waals surface area contributed by atoms with Gasteiger partial charge in [-0.3, -0.25) is 9.59 Å². The minimum absolute atomic E-state index is 0. The Morgan fingerprint density at radius 3 is 1.02 bits per heavy atom. The fraction of sp³-hybridized carbons (Fsp3) is 0.333. The molecule has 0 aliphatic carbocycles. The van der Waals surface area contributed by atoms with Crippen LogP contribution in [0.2, 0.25) is 0 Å². The molecule has 0 spiro atoms. The Bertz CT molecular complexity index is 3410. The second-order valence-corrected chi connectivity index (χ2v) is 27.9. The molecule has 95 heavy (non-hydrogen) atoms. The average Bonchev–Trinajstić information content (AvgIpc) is 1.59. The van der Waals surface area contributed by atoms with Crippen molar-refractivity contribution in [1.82, 2.24) is 0 Å². The number of hydrogen-bond acceptors (Lipinski definition) is 20. The zero-order chi connectivity index (χ0) is 68.3. The van der Waals surface area contributed by atoms with E-state index in [2.05, 4.69) is 196 Å². The molecule has 0 amide bonds. The van der Waals surface area contributed by atoms with Crippen molar-refractivity contribution in [3.8, 4) is 11.5 Å². The summed E-state index contributed by atoms with van der Waals surface area (Å²) in [6, 6.07) is 48.1. The first-order chi connectivity index (χ1) is 44.9. The summed E-state index contributed by atoms with van der Waals surface area (Å²) in [6.07, 6.45) is -4.13. The van der Waals surface area contributed by atoms with E-state index < -0.39 is 69.1 Å². The van der Waals surface area contributed by atoms with Crippen molar-refractivity contribution >= 4 is 66.4 Å². The molecule has 6 aromatic carbocycles. The molecule has 6 aromatic rings. The van der Waals surface area contributed by atoms with E-state index >= 15 is 0 Å². The number of rotatable bonds is 20. The van der Waals surface area contributed by atoms with Gasteiger partial charge in [-0.25, -0.2) is 35.2 Å².